The van der Waals surface area contributed by atoms with Crippen molar-refractivity contribution < 1.29 is 17.2 Å². The number of hydrogen-bond acceptors (Lipinski definition) is 3. The molecule has 0 saturated heterocycles. The summed E-state index contributed by atoms with van der Waals surface area (Å²) >= 11 is 5.61. The van der Waals surface area contributed by atoms with Gasteiger partial charge in [0, 0.05) is 12.7 Å². The van der Waals surface area contributed by atoms with Gasteiger partial charge in [-0.15, -0.1) is 0 Å². The Kier molecular flexibility index (Phi) is 4.06. The van der Waals surface area contributed by atoms with Gasteiger partial charge in [0.2, 0.25) is 0 Å². The minimum atomic E-state index is -4.21. The van der Waals surface area contributed by atoms with E-state index in [9.17, 15) is 17.2 Å². The van der Waals surface area contributed by atoms with E-state index in [2.05, 4.69) is 0 Å². The third-order valence-electron chi connectivity index (χ3n) is 2.85. The Morgan fingerprint density at radius 2 is 1.71 bits per heavy atom. The van der Waals surface area contributed by atoms with Crippen molar-refractivity contribution in [1.82, 2.24) is 0 Å². The molecule has 2 N–H and O–H groups in total. The summed E-state index contributed by atoms with van der Waals surface area (Å²) < 4.78 is 52.5. The minimum Gasteiger partial charge on any atom is -0.399 e. The molecule has 112 valence electrons. The number of nitrogens with zero attached hydrogens (tertiary/aromatic N) is 1. The summed E-state index contributed by atoms with van der Waals surface area (Å²) in [5, 5.41) is -0.388. The molecule has 0 radical (unpaired) electrons. The molecule has 8 heteroatoms. The molecule has 4 nitrogen and oxygen atoms in total. The van der Waals surface area contributed by atoms with Crippen LogP contribution in [0.15, 0.2) is 41.3 Å². The third-order valence-corrected chi connectivity index (χ3v) is 4.91. The fourth-order valence-corrected chi connectivity index (χ4v) is 3.31. The van der Waals surface area contributed by atoms with Crippen LogP contribution in [0, 0.1) is 11.6 Å². The second-order valence-corrected chi connectivity index (χ2v) is 6.61. The van der Waals surface area contributed by atoms with E-state index in [1.54, 1.807) is 0 Å². The van der Waals surface area contributed by atoms with Crippen molar-refractivity contribution in [3.63, 3.8) is 0 Å². The van der Waals surface area contributed by atoms with Crippen LogP contribution in [0.2, 0.25) is 5.02 Å². The quantitative estimate of drug-likeness (QED) is 0.879. The summed E-state index contributed by atoms with van der Waals surface area (Å²) in [5.41, 5.74) is 5.70. The van der Waals surface area contributed by atoms with Crippen molar-refractivity contribution >= 4 is 33.0 Å². The second kappa shape index (κ2) is 5.50. The fourth-order valence-electron chi connectivity index (χ4n) is 1.71. The van der Waals surface area contributed by atoms with Gasteiger partial charge in [-0.3, -0.25) is 4.31 Å². The van der Waals surface area contributed by atoms with Gasteiger partial charge >= 0.3 is 0 Å². The molecule has 0 unspecified atom stereocenters. The standard InChI is InChI=1S/C13H11ClF2N2O2S/c1-18(10-4-2-8(15)3-5-10)21(19,20)12-7-9(17)6-11(14)13(12)16/h2-7H,17H2,1H3. The zero-order valence-electron chi connectivity index (χ0n) is 10.8. The zero-order chi connectivity index (χ0) is 15.8. The molecule has 2 aromatic carbocycles. The molecule has 0 amide bonds. The van der Waals surface area contributed by atoms with Crippen LogP contribution in [0.4, 0.5) is 20.2 Å². The smallest absolute Gasteiger partial charge is 0.267 e. The maximum absolute atomic E-state index is 14.0. The van der Waals surface area contributed by atoms with Gasteiger partial charge in [0.05, 0.1) is 10.7 Å². The molecule has 0 aliphatic rings. The summed E-state index contributed by atoms with van der Waals surface area (Å²) in [6.07, 6.45) is 0. The number of benzene rings is 2. The molecular formula is C13H11ClF2N2O2S. The first-order chi connectivity index (χ1) is 9.73. The van der Waals surface area contributed by atoms with Crippen LogP contribution in [0.25, 0.3) is 0 Å². The van der Waals surface area contributed by atoms with Gasteiger partial charge in [0.25, 0.3) is 10.0 Å². The molecule has 0 aromatic heterocycles. The summed E-state index contributed by atoms with van der Waals surface area (Å²) in [4.78, 5) is -0.640. The molecule has 0 spiro atoms. The number of rotatable bonds is 3. The van der Waals surface area contributed by atoms with E-state index >= 15 is 0 Å². The average Bonchev–Trinajstić information content (AvgIpc) is 2.42. The van der Waals surface area contributed by atoms with Crippen molar-refractivity contribution in [2.45, 2.75) is 4.90 Å². The van der Waals surface area contributed by atoms with Gasteiger partial charge < -0.3 is 5.73 Å². The molecule has 0 saturated carbocycles. The predicted molar refractivity (Wildman–Crippen MR) is 77.8 cm³/mol. The molecule has 0 aliphatic heterocycles. The van der Waals surface area contributed by atoms with Crippen LogP contribution in [0.3, 0.4) is 0 Å². The Labute approximate surface area is 125 Å². The molecule has 0 bridgehead atoms. The maximum atomic E-state index is 14.0. The molecule has 2 rings (SSSR count). The van der Waals surface area contributed by atoms with E-state index in [0.717, 1.165) is 28.6 Å². The van der Waals surface area contributed by atoms with Crippen molar-refractivity contribution in [2.75, 3.05) is 17.1 Å². The van der Waals surface area contributed by atoms with E-state index < -0.39 is 26.6 Å². The van der Waals surface area contributed by atoms with Crippen molar-refractivity contribution in [2.24, 2.45) is 0 Å². The fraction of sp³-hybridized carbons (Fsp3) is 0.0769. The number of halogens is 3. The van der Waals surface area contributed by atoms with Gasteiger partial charge in [0.15, 0.2) is 5.82 Å². The highest BCUT2D eigenvalue weighted by Crippen LogP contribution is 2.29. The van der Waals surface area contributed by atoms with Gasteiger partial charge in [-0.25, -0.2) is 17.2 Å². The largest absolute Gasteiger partial charge is 0.399 e. The van der Waals surface area contributed by atoms with E-state index in [1.165, 1.54) is 19.2 Å². The molecule has 0 fully saturated rings. The summed E-state index contributed by atoms with van der Waals surface area (Å²) in [6, 6.07) is 6.83. The highest BCUT2D eigenvalue weighted by molar-refractivity contribution is 7.92. The highest BCUT2D eigenvalue weighted by Gasteiger charge is 2.27. The Morgan fingerprint density at radius 3 is 2.29 bits per heavy atom. The summed E-state index contributed by atoms with van der Waals surface area (Å²) in [7, 11) is -2.99. The SMILES string of the molecule is CN(c1ccc(F)cc1)S(=O)(=O)c1cc(N)cc(Cl)c1F. The molecule has 2 aromatic rings. The number of hydrogen-bond donors (Lipinski definition) is 1. The Morgan fingerprint density at radius 1 is 1.14 bits per heavy atom. The average molecular weight is 333 g/mol. The van der Waals surface area contributed by atoms with Crippen LogP contribution >= 0.6 is 11.6 Å². The monoisotopic (exact) mass is 332 g/mol. The van der Waals surface area contributed by atoms with Crippen LogP contribution in [-0.2, 0) is 10.0 Å². The molecule has 0 aliphatic carbocycles. The molecule has 0 atom stereocenters. The lowest BCUT2D eigenvalue weighted by Crippen LogP contribution is -2.27. The van der Waals surface area contributed by atoms with E-state index in [-0.39, 0.29) is 16.4 Å². The second-order valence-electron chi connectivity index (χ2n) is 4.26. The first kappa shape index (κ1) is 15.5. The van der Waals surface area contributed by atoms with E-state index in [1.807, 2.05) is 0 Å². The first-order valence-corrected chi connectivity index (χ1v) is 7.54. The highest BCUT2D eigenvalue weighted by atomic mass is 35.5. The third kappa shape index (κ3) is 2.93. The van der Waals surface area contributed by atoms with Crippen molar-refractivity contribution in [3.05, 3.63) is 53.1 Å². The van der Waals surface area contributed by atoms with Crippen molar-refractivity contribution in [1.29, 1.82) is 0 Å². The number of nitrogens with two attached hydrogens (primary N) is 1. The topological polar surface area (TPSA) is 63.4 Å². The van der Waals surface area contributed by atoms with Crippen LogP contribution < -0.4 is 10.0 Å². The lowest BCUT2D eigenvalue weighted by atomic mass is 10.3. The molecule has 0 heterocycles. The first-order valence-electron chi connectivity index (χ1n) is 5.72. The lowest BCUT2D eigenvalue weighted by molar-refractivity contribution is 0.566. The Balaban J connectivity index is 2.54. The van der Waals surface area contributed by atoms with Gasteiger partial charge in [-0.05, 0) is 36.4 Å². The maximum Gasteiger partial charge on any atom is 0.267 e. The van der Waals surface area contributed by atoms with E-state index in [4.69, 9.17) is 17.3 Å². The van der Waals surface area contributed by atoms with Crippen LogP contribution in [0.5, 0.6) is 0 Å². The van der Waals surface area contributed by atoms with Gasteiger partial charge in [0.1, 0.15) is 10.7 Å². The molecular weight excluding hydrogens is 322 g/mol. The van der Waals surface area contributed by atoms with Gasteiger partial charge in [-0.2, -0.15) is 0 Å². The molecule has 21 heavy (non-hydrogen) atoms. The minimum absolute atomic E-state index is 0.0208. The van der Waals surface area contributed by atoms with Gasteiger partial charge in [-0.1, -0.05) is 11.6 Å². The van der Waals surface area contributed by atoms with Crippen LogP contribution in [0.1, 0.15) is 0 Å². The Hall–Kier alpha value is -1.86. The Bertz CT molecular complexity index is 780. The predicted octanol–water partition coefficient (Wildman–Crippen LogP) is 3.03. The summed E-state index contributed by atoms with van der Waals surface area (Å²) in [5.74, 6) is -1.59. The summed E-state index contributed by atoms with van der Waals surface area (Å²) in [6.45, 7) is 0. The number of sulfonamides is 1. The van der Waals surface area contributed by atoms with E-state index in [0.29, 0.717) is 0 Å². The number of nitrogen functional groups attached to an aromatic ring is 1. The number of anilines is 2. The zero-order valence-corrected chi connectivity index (χ0v) is 12.4. The lowest BCUT2D eigenvalue weighted by Gasteiger charge is -2.20. The normalized spacial score (nSPS) is 11.4. The van der Waals surface area contributed by atoms with Crippen LogP contribution in [-0.4, -0.2) is 15.5 Å². The van der Waals surface area contributed by atoms with Crippen molar-refractivity contribution in [3.8, 4) is 0 Å².